The molecular formula is C15H19N3. The Morgan fingerprint density at radius 1 is 1.22 bits per heavy atom. The van der Waals surface area contributed by atoms with Crippen LogP contribution in [0.3, 0.4) is 0 Å². The number of aromatic nitrogens is 1. The highest BCUT2D eigenvalue weighted by Gasteiger charge is 1.98. The molecular weight excluding hydrogens is 222 g/mol. The van der Waals surface area contributed by atoms with Crippen molar-refractivity contribution in [3.8, 4) is 0 Å². The molecule has 94 valence electrons. The van der Waals surface area contributed by atoms with Crippen LogP contribution in [0.4, 0.5) is 11.5 Å². The molecule has 1 aromatic heterocycles. The van der Waals surface area contributed by atoms with Gasteiger partial charge in [-0.3, -0.25) is 0 Å². The molecule has 0 spiro atoms. The fraction of sp³-hybridized carbons (Fsp3) is 0.267. The number of rotatable bonds is 4. The van der Waals surface area contributed by atoms with Crippen molar-refractivity contribution in [1.29, 1.82) is 0 Å². The summed E-state index contributed by atoms with van der Waals surface area (Å²) in [6, 6.07) is 10.5. The molecule has 0 amide bonds. The van der Waals surface area contributed by atoms with Crippen LogP contribution < -0.4 is 11.1 Å². The second kappa shape index (κ2) is 5.54. The summed E-state index contributed by atoms with van der Waals surface area (Å²) >= 11 is 0. The summed E-state index contributed by atoms with van der Waals surface area (Å²) in [5.74, 6) is 0.884. The summed E-state index contributed by atoms with van der Waals surface area (Å²) in [4.78, 5) is 4.25. The molecule has 0 unspecified atom stereocenters. The summed E-state index contributed by atoms with van der Waals surface area (Å²) < 4.78 is 0. The van der Waals surface area contributed by atoms with Gasteiger partial charge in [-0.2, -0.15) is 0 Å². The zero-order valence-electron chi connectivity index (χ0n) is 10.9. The standard InChI is InChI=1S/C15H19N3/c1-11-4-3-5-13(8-11)6-7-17-15-9-12(2)14(16)10-18-15/h3-5,8-10H,6-7,16H2,1-2H3,(H,17,18). The molecule has 1 heterocycles. The van der Waals surface area contributed by atoms with Crippen molar-refractivity contribution in [3.63, 3.8) is 0 Å². The van der Waals surface area contributed by atoms with Crippen molar-refractivity contribution in [3.05, 3.63) is 53.2 Å². The number of nitrogens with two attached hydrogens (primary N) is 1. The molecule has 3 N–H and O–H groups in total. The van der Waals surface area contributed by atoms with Gasteiger partial charge >= 0.3 is 0 Å². The SMILES string of the molecule is Cc1cccc(CCNc2cc(C)c(N)cn2)c1. The maximum atomic E-state index is 5.73. The number of hydrogen-bond acceptors (Lipinski definition) is 3. The Balaban J connectivity index is 1.90. The number of hydrogen-bond donors (Lipinski definition) is 2. The van der Waals surface area contributed by atoms with Crippen LogP contribution in [-0.4, -0.2) is 11.5 Å². The number of nitrogens with zero attached hydrogens (tertiary/aromatic N) is 1. The number of aryl methyl sites for hydroxylation is 2. The van der Waals surface area contributed by atoms with Gasteiger partial charge in [0.1, 0.15) is 5.82 Å². The zero-order valence-corrected chi connectivity index (χ0v) is 10.9. The molecule has 2 aromatic rings. The first-order valence-electron chi connectivity index (χ1n) is 6.16. The maximum absolute atomic E-state index is 5.73. The van der Waals surface area contributed by atoms with E-state index >= 15 is 0 Å². The molecule has 2 rings (SSSR count). The average molecular weight is 241 g/mol. The van der Waals surface area contributed by atoms with Crippen LogP contribution in [-0.2, 0) is 6.42 Å². The molecule has 0 fully saturated rings. The van der Waals surface area contributed by atoms with Crippen LogP contribution in [0.5, 0.6) is 0 Å². The Morgan fingerprint density at radius 3 is 2.78 bits per heavy atom. The number of nitrogen functional groups attached to an aromatic ring is 1. The number of pyridine rings is 1. The Kier molecular flexibility index (Phi) is 3.82. The predicted octanol–water partition coefficient (Wildman–Crippen LogP) is 2.94. The van der Waals surface area contributed by atoms with E-state index < -0.39 is 0 Å². The van der Waals surface area contributed by atoms with E-state index in [1.54, 1.807) is 6.20 Å². The van der Waals surface area contributed by atoms with Gasteiger partial charge in [-0.25, -0.2) is 4.98 Å². The quantitative estimate of drug-likeness (QED) is 0.865. The molecule has 1 aromatic carbocycles. The normalized spacial score (nSPS) is 10.3. The van der Waals surface area contributed by atoms with Crippen molar-refractivity contribution in [1.82, 2.24) is 4.98 Å². The second-order valence-corrected chi connectivity index (χ2v) is 4.59. The van der Waals surface area contributed by atoms with E-state index in [-0.39, 0.29) is 0 Å². The minimum Gasteiger partial charge on any atom is -0.397 e. The Hall–Kier alpha value is -2.03. The monoisotopic (exact) mass is 241 g/mol. The summed E-state index contributed by atoms with van der Waals surface area (Å²) in [6.07, 6.45) is 2.69. The Bertz CT molecular complexity index is 535. The highest BCUT2D eigenvalue weighted by Crippen LogP contribution is 2.13. The summed E-state index contributed by atoms with van der Waals surface area (Å²) in [5, 5.41) is 3.31. The Labute approximate surface area is 108 Å². The van der Waals surface area contributed by atoms with Crippen molar-refractivity contribution >= 4 is 11.5 Å². The van der Waals surface area contributed by atoms with E-state index in [9.17, 15) is 0 Å². The van der Waals surface area contributed by atoms with Crippen molar-refractivity contribution in [2.24, 2.45) is 0 Å². The van der Waals surface area contributed by atoms with Crippen LogP contribution >= 0.6 is 0 Å². The fourth-order valence-electron chi connectivity index (χ4n) is 1.87. The third kappa shape index (κ3) is 3.23. The van der Waals surface area contributed by atoms with Crippen molar-refractivity contribution < 1.29 is 0 Å². The van der Waals surface area contributed by atoms with Gasteiger partial charge < -0.3 is 11.1 Å². The van der Waals surface area contributed by atoms with Gasteiger partial charge in [-0.05, 0) is 37.5 Å². The molecule has 0 atom stereocenters. The van der Waals surface area contributed by atoms with E-state index in [0.29, 0.717) is 0 Å². The minimum absolute atomic E-state index is 0.735. The number of anilines is 2. The van der Waals surface area contributed by atoms with Crippen LogP contribution in [0.15, 0.2) is 36.5 Å². The highest BCUT2D eigenvalue weighted by atomic mass is 15.0. The van der Waals surface area contributed by atoms with Gasteiger partial charge in [0, 0.05) is 6.54 Å². The van der Waals surface area contributed by atoms with E-state index in [2.05, 4.69) is 41.5 Å². The van der Waals surface area contributed by atoms with Gasteiger partial charge in [0.25, 0.3) is 0 Å². The van der Waals surface area contributed by atoms with Gasteiger partial charge in [0.15, 0.2) is 0 Å². The van der Waals surface area contributed by atoms with Crippen LogP contribution in [0, 0.1) is 13.8 Å². The molecule has 3 nitrogen and oxygen atoms in total. The molecule has 0 saturated heterocycles. The molecule has 0 aliphatic carbocycles. The van der Waals surface area contributed by atoms with Crippen LogP contribution in [0.25, 0.3) is 0 Å². The van der Waals surface area contributed by atoms with E-state index in [4.69, 9.17) is 5.73 Å². The third-order valence-electron chi connectivity index (χ3n) is 2.95. The van der Waals surface area contributed by atoms with Crippen molar-refractivity contribution in [2.45, 2.75) is 20.3 Å². The topological polar surface area (TPSA) is 50.9 Å². The molecule has 0 aliphatic rings. The Morgan fingerprint density at radius 2 is 2.06 bits per heavy atom. The third-order valence-corrected chi connectivity index (χ3v) is 2.95. The maximum Gasteiger partial charge on any atom is 0.126 e. The predicted molar refractivity (Wildman–Crippen MR) is 76.8 cm³/mol. The largest absolute Gasteiger partial charge is 0.397 e. The van der Waals surface area contributed by atoms with Gasteiger partial charge in [-0.1, -0.05) is 29.8 Å². The molecule has 3 heteroatoms. The summed E-state index contributed by atoms with van der Waals surface area (Å²) in [7, 11) is 0. The van der Waals surface area contributed by atoms with Gasteiger partial charge in [0.05, 0.1) is 11.9 Å². The number of nitrogens with one attached hydrogen (secondary N) is 1. The lowest BCUT2D eigenvalue weighted by Crippen LogP contribution is -2.07. The first-order valence-corrected chi connectivity index (χ1v) is 6.16. The molecule has 0 radical (unpaired) electrons. The second-order valence-electron chi connectivity index (χ2n) is 4.59. The molecule has 0 bridgehead atoms. The lowest BCUT2D eigenvalue weighted by atomic mass is 10.1. The number of benzene rings is 1. The smallest absolute Gasteiger partial charge is 0.126 e. The van der Waals surface area contributed by atoms with Crippen LogP contribution in [0.2, 0.25) is 0 Å². The molecule has 18 heavy (non-hydrogen) atoms. The van der Waals surface area contributed by atoms with Gasteiger partial charge in [-0.15, -0.1) is 0 Å². The van der Waals surface area contributed by atoms with E-state index in [1.165, 1.54) is 11.1 Å². The van der Waals surface area contributed by atoms with Crippen LogP contribution in [0.1, 0.15) is 16.7 Å². The van der Waals surface area contributed by atoms with E-state index in [1.807, 2.05) is 13.0 Å². The molecule has 0 saturated carbocycles. The van der Waals surface area contributed by atoms with E-state index in [0.717, 1.165) is 30.0 Å². The molecule has 0 aliphatic heterocycles. The first-order chi connectivity index (χ1) is 8.65. The summed E-state index contributed by atoms with van der Waals surface area (Å²) in [6.45, 7) is 4.98. The van der Waals surface area contributed by atoms with Gasteiger partial charge in [0.2, 0.25) is 0 Å². The zero-order chi connectivity index (χ0) is 13.0. The average Bonchev–Trinajstić information content (AvgIpc) is 2.34. The van der Waals surface area contributed by atoms with Crippen molar-refractivity contribution in [2.75, 3.05) is 17.6 Å². The minimum atomic E-state index is 0.735. The first kappa shape index (κ1) is 12.4. The lowest BCUT2D eigenvalue weighted by Gasteiger charge is -2.08. The summed E-state index contributed by atoms with van der Waals surface area (Å²) in [5.41, 5.74) is 10.2. The lowest BCUT2D eigenvalue weighted by molar-refractivity contribution is 1.00. The highest BCUT2D eigenvalue weighted by molar-refractivity contribution is 5.50. The fourth-order valence-corrected chi connectivity index (χ4v) is 1.87.